The highest BCUT2D eigenvalue weighted by atomic mass is 35.5. The maximum Gasteiger partial charge on any atom is 0.475 e. The fourth-order valence-electron chi connectivity index (χ4n) is 0.548. The first-order chi connectivity index (χ1) is 6.68. The van der Waals surface area contributed by atoms with Crippen LogP contribution in [0.15, 0.2) is 12.7 Å². The van der Waals surface area contributed by atoms with Gasteiger partial charge in [-0.15, -0.1) is 29.8 Å². The van der Waals surface area contributed by atoms with Gasteiger partial charge in [-0.25, -0.2) is 4.57 Å². The molecule has 0 aliphatic rings. The molecule has 0 saturated heterocycles. The van der Waals surface area contributed by atoms with Crippen LogP contribution in [0, 0.1) is 0 Å². The van der Waals surface area contributed by atoms with E-state index in [0.717, 1.165) is 0 Å². The van der Waals surface area contributed by atoms with Gasteiger partial charge in [-0.2, -0.15) is 0 Å². The van der Waals surface area contributed by atoms with Gasteiger partial charge in [0.25, 0.3) is 0 Å². The number of phosphoric ester groups is 1. The lowest BCUT2D eigenvalue weighted by Crippen LogP contribution is -2.04. The molecule has 0 bridgehead atoms. The summed E-state index contributed by atoms with van der Waals surface area (Å²) in [6.45, 7) is 3.69. The molecule has 0 saturated carbocycles. The highest BCUT2D eigenvalue weighted by Gasteiger charge is 2.25. The van der Waals surface area contributed by atoms with Crippen molar-refractivity contribution in [2.45, 2.75) is 0 Å². The molecular weight excluding hydrogens is 250 g/mol. The summed E-state index contributed by atoms with van der Waals surface area (Å²) < 4.78 is 26.2. The van der Waals surface area contributed by atoms with Crippen molar-refractivity contribution in [2.75, 3.05) is 31.6 Å². The molecule has 0 atom stereocenters. The first-order valence-electron chi connectivity index (χ1n) is 3.95. The molecule has 0 aliphatic carbocycles. The predicted octanol–water partition coefficient (Wildman–Crippen LogP) is 2.81. The third kappa shape index (κ3) is 6.82. The summed E-state index contributed by atoms with van der Waals surface area (Å²) in [6.07, 6.45) is 1.45. The second-order valence-corrected chi connectivity index (χ2v) is 4.50. The Hall–Kier alpha value is 0.430. The van der Waals surface area contributed by atoms with Gasteiger partial charge in [0.15, 0.2) is 0 Å². The second kappa shape index (κ2) is 8.72. The van der Waals surface area contributed by atoms with E-state index in [1.807, 2.05) is 0 Å². The zero-order valence-electron chi connectivity index (χ0n) is 7.66. The first kappa shape index (κ1) is 14.4. The van der Waals surface area contributed by atoms with E-state index in [1.165, 1.54) is 6.08 Å². The summed E-state index contributed by atoms with van der Waals surface area (Å²) in [6, 6.07) is 0. The molecular formula is C7H13Cl2O4P. The molecule has 4 nitrogen and oxygen atoms in total. The topological polar surface area (TPSA) is 44.8 Å². The summed E-state index contributed by atoms with van der Waals surface area (Å²) in [7, 11) is -3.51. The van der Waals surface area contributed by atoms with E-state index in [-0.39, 0.29) is 31.6 Å². The van der Waals surface area contributed by atoms with Gasteiger partial charge in [0, 0.05) is 11.8 Å². The molecule has 0 heterocycles. The monoisotopic (exact) mass is 262 g/mol. The van der Waals surface area contributed by atoms with Crippen molar-refractivity contribution in [3.63, 3.8) is 0 Å². The summed E-state index contributed by atoms with van der Waals surface area (Å²) >= 11 is 10.7. The summed E-state index contributed by atoms with van der Waals surface area (Å²) in [5.41, 5.74) is 0. The molecule has 7 heteroatoms. The molecule has 0 amide bonds. The molecule has 14 heavy (non-hydrogen) atoms. The zero-order chi connectivity index (χ0) is 10.9. The van der Waals surface area contributed by atoms with Crippen LogP contribution in [0.4, 0.5) is 0 Å². The van der Waals surface area contributed by atoms with Crippen molar-refractivity contribution < 1.29 is 18.1 Å². The quantitative estimate of drug-likeness (QED) is 0.364. The molecule has 84 valence electrons. The Balaban J connectivity index is 4.03. The van der Waals surface area contributed by atoms with E-state index in [2.05, 4.69) is 6.58 Å². The minimum atomic E-state index is -3.51. The van der Waals surface area contributed by atoms with E-state index in [9.17, 15) is 4.57 Å². The highest BCUT2D eigenvalue weighted by Crippen LogP contribution is 2.49. The summed E-state index contributed by atoms with van der Waals surface area (Å²) in [4.78, 5) is 0. The van der Waals surface area contributed by atoms with Gasteiger partial charge in [-0.3, -0.25) is 13.6 Å². The van der Waals surface area contributed by atoms with Crippen molar-refractivity contribution in [3.05, 3.63) is 12.7 Å². The van der Waals surface area contributed by atoms with Gasteiger partial charge >= 0.3 is 7.82 Å². The van der Waals surface area contributed by atoms with Crippen LogP contribution < -0.4 is 0 Å². The molecule has 0 N–H and O–H groups in total. The van der Waals surface area contributed by atoms with Crippen molar-refractivity contribution in [1.82, 2.24) is 0 Å². The Morgan fingerprint density at radius 2 is 1.64 bits per heavy atom. The Morgan fingerprint density at radius 3 is 2.00 bits per heavy atom. The minimum Gasteiger partial charge on any atom is -0.286 e. The van der Waals surface area contributed by atoms with Crippen LogP contribution in [0.5, 0.6) is 0 Å². The maximum atomic E-state index is 11.7. The Kier molecular flexibility index (Phi) is 8.98. The smallest absolute Gasteiger partial charge is 0.286 e. The second-order valence-electron chi connectivity index (χ2n) is 2.08. The van der Waals surface area contributed by atoms with Crippen LogP contribution in [-0.2, 0) is 18.1 Å². The maximum absolute atomic E-state index is 11.7. The molecule has 0 aromatic rings. The Bertz CT molecular complexity index is 188. The van der Waals surface area contributed by atoms with E-state index < -0.39 is 7.82 Å². The molecule has 0 unspecified atom stereocenters. The molecule has 0 rings (SSSR count). The molecule has 0 fully saturated rings. The summed E-state index contributed by atoms with van der Waals surface area (Å²) in [5.74, 6) is 0.428. The van der Waals surface area contributed by atoms with Crippen LogP contribution in [0.2, 0.25) is 0 Å². The van der Waals surface area contributed by atoms with Gasteiger partial charge in [-0.05, 0) is 0 Å². The molecule has 0 radical (unpaired) electrons. The van der Waals surface area contributed by atoms with E-state index in [4.69, 9.17) is 36.8 Å². The number of halogens is 2. The predicted molar refractivity (Wildman–Crippen MR) is 57.1 cm³/mol. The number of hydrogen-bond donors (Lipinski definition) is 0. The van der Waals surface area contributed by atoms with Crippen LogP contribution in [0.3, 0.4) is 0 Å². The number of hydrogen-bond acceptors (Lipinski definition) is 4. The Labute approximate surface area is 93.7 Å². The fourth-order valence-corrected chi connectivity index (χ4v) is 2.06. The molecule has 0 aromatic carbocycles. The van der Waals surface area contributed by atoms with E-state index in [0.29, 0.717) is 0 Å². The molecule has 0 aromatic heterocycles. The standard InChI is InChI=1S/C7H13Cl2O4P/c1-2-5-11-14(10,12-6-3-8)13-7-4-9/h2H,1,3-7H2. The van der Waals surface area contributed by atoms with Crippen LogP contribution in [0.25, 0.3) is 0 Å². The number of alkyl halides is 2. The minimum absolute atomic E-state index is 0.0852. The third-order valence-electron chi connectivity index (χ3n) is 1.00. The van der Waals surface area contributed by atoms with Crippen LogP contribution >= 0.6 is 31.0 Å². The van der Waals surface area contributed by atoms with Gasteiger partial charge in [0.05, 0.1) is 19.8 Å². The lowest BCUT2D eigenvalue weighted by molar-refractivity contribution is 0.132. The van der Waals surface area contributed by atoms with Gasteiger partial charge in [0.2, 0.25) is 0 Å². The largest absolute Gasteiger partial charge is 0.475 e. The van der Waals surface area contributed by atoms with Crippen LogP contribution in [0.1, 0.15) is 0 Å². The first-order valence-corrected chi connectivity index (χ1v) is 6.48. The number of phosphoric acid groups is 1. The van der Waals surface area contributed by atoms with E-state index >= 15 is 0 Å². The third-order valence-corrected chi connectivity index (χ3v) is 2.78. The molecule has 0 spiro atoms. The fraction of sp³-hybridized carbons (Fsp3) is 0.714. The number of rotatable bonds is 9. The average molecular weight is 263 g/mol. The van der Waals surface area contributed by atoms with Gasteiger partial charge in [-0.1, -0.05) is 6.08 Å². The lowest BCUT2D eigenvalue weighted by atomic mass is 10.7. The van der Waals surface area contributed by atoms with Crippen molar-refractivity contribution >= 4 is 31.0 Å². The van der Waals surface area contributed by atoms with Crippen LogP contribution in [-0.4, -0.2) is 31.6 Å². The highest BCUT2D eigenvalue weighted by molar-refractivity contribution is 7.48. The van der Waals surface area contributed by atoms with E-state index in [1.54, 1.807) is 0 Å². The van der Waals surface area contributed by atoms with Crippen molar-refractivity contribution in [2.24, 2.45) is 0 Å². The zero-order valence-corrected chi connectivity index (χ0v) is 10.1. The molecule has 0 aliphatic heterocycles. The van der Waals surface area contributed by atoms with Crippen molar-refractivity contribution in [1.29, 1.82) is 0 Å². The SMILES string of the molecule is C=CCOP(=O)(OCCCl)OCCCl. The van der Waals surface area contributed by atoms with Gasteiger partial charge in [0.1, 0.15) is 0 Å². The normalized spacial score (nSPS) is 11.6. The Morgan fingerprint density at radius 1 is 1.14 bits per heavy atom. The average Bonchev–Trinajstić information content (AvgIpc) is 2.21. The van der Waals surface area contributed by atoms with Crippen molar-refractivity contribution in [3.8, 4) is 0 Å². The van der Waals surface area contributed by atoms with Gasteiger partial charge < -0.3 is 0 Å². The lowest BCUT2D eigenvalue weighted by Gasteiger charge is -2.15. The summed E-state index contributed by atoms with van der Waals surface area (Å²) in [5, 5.41) is 0.